The lowest BCUT2D eigenvalue weighted by molar-refractivity contribution is 0.0756. The molecule has 108 valence electrons. The fourth-order valence-electron chi connectivity index (χ4n) is 1.99. The topological polar surface area (TPSA) is 56.7 Å². The van der Waals surface area contributed by atoms with Gasteiger partial charge in [0.15, 0.2) is 0 Å². The highest BCUT2D eigenvalue weighted by Crippen LogP contribution is 2.17. The number of hydrogen-bond acceptors (Lipinski definition) is 4. The number of nitrogens with zero attached hydrogens (tertiary/aromatic N) is 2. The number of rotatable bonds is 5. The van der Waals surface area contributed by atoms with Gasteiger partial charge in [0.25, 0.3) is 5.91 Å². The molecule has 0 saturated heterocycles. The molecular weight excluding hydrogens is 252 g/mol. The van der Waals surface area contributed by atoms with Crippen molar-refractivity contribution in [1.29, 1.82) is 0 Å². The molecule has 0 aromatic heterocycles. The van der Waals surface area contributed by atoms with Gasteiger partial charge >= 0.3 is 0 Å². The standard InChI is InChI=1S/C15H22N4O/c1-11(2)19(3)15(20)12-6-4-5-7-13(12)18-10-14-16-8-9-17-14/h4-7,11,18H,8-10H2,1-3H3,(H,16,17). The SMILES string of the molecule is CC(C)N(C)C(=O)c1ccccc1NCC1=NCCN1. The molecule has 1 amide bonds. The summed E-state index contributed by atoms with van der Waals surface area (Å²) in [6.07, 6.45) is 0. The lowest BCUT2D eigenvalue weighted by atomic mass is 10.1. The monoisotopic (exact) mass is 274 g/mol. The van der Waals surface area contributed by atoms with Crippen LogP contribution in [0, 0.1) is 0 Å². The van der Waals surface area contributed by atoms with E-state index in [9.17, 15) is 4.79 Å². The van der Waals surface area contributed by atoms with Crippen LogP contribution in [0.15, 0.2) is 29.3 Å². The summed E-state index contributed by atoms with van der Waals surface area (Å²) in [6, 6.07) is 7.78. The summed E-state index contributed by atoms with van der Waals surface area (Å²) in [7, 11) is 1.83. The fraction of sp³-hybridized carbons (Fsp3) is 0.467. The predicted octanol–water partition coefficient (Wildman–Crippen LogP) is 1.58. The van der Waals surface area contributed by atoms with E-state index < -0.39 is 0 Å². The lowest BCUT2D eigenvalue weighted by Gasteiger charge is -2.23. The van der Waals surface area contributed by atoms with Gasteiger partial charge in [-0.1, -0.05) is 12.1 Å². The molecular formula is C15H22N4O. The van der Waals surface area contributed by atoms with Crippen molar-refractivity contribution in [3.8, 4) is 0 Å². The number of amidine groups is 1. The van der Waals surface area contributed by atoms with E-state index in [0.29, 0.717) is 12.1 Å². The molecule has 0 atom stereocenters. The van der Waals surface area contributed by atoms with Gasteiger partial charge in [-0.3, -0.25) is 9.79 Å². The van der Waals surface area contributed by atoms with Crippen LogP contribution in [0.4, 0.5) is 5.69 Å². The predicted molar refractivity (Wildman–Crippen MR) is 82.5 cm³/mol. The first-order valence-electron chi connectivity index (χ1n) is 6.97. The van der Waals surface area contributed by atoms with E-state index in [-0.39, 0.29) is 11.9 Å². The van der Waals surface area contributed by atoms with Gasteiger partial charge in [0, 0.05) is 25.3 Å². The Morgan fingerprint density at radius 3 is 2.85 bits per heavy atom. The van der Waals surface area contributed by atoms with E-state index in [0.717, 1.165) is 24.6 Å². The Labute approximate surface area is 120 Å². The maximum atomic E-state index is 12.4. The van der Waals surface area contributed by atoms with Crippen molar-refractivity contribution in [2.45, 2.75) is 19.9 Å². The first-order valence-corrected chi connectivity index (χ1v) is 6.97. The van der Waals surface area contributed by atoms with Crippen molar-refractivity contribution in [2.24, 2.45) is 4.99 Å². The summed E-state index contributed by atoms with van der Waals surface area (Å²) in [5, 5.41) is 6.50. The lowest BCUT2D eigenvalue weighted by Crippen LogP contribution is -2.34. The van der Waals surface area contributed by atoms with Crippen LogP contribution in [0.1, 0.15) is 24.2 Å². The second kappa shape index (κ2) is 6.41. The van der Waals surface area contributed by atoms with E-state index in [4.69, 9.17) is 0 Å². The Bertz CT molecular complexity index is 510. The maximum absolute atomic E-state index is 12.4. The number of anilines is 1. The first kappa shape index (κ1) is 14.4. The number of hydrogen-bond donors (Lipinski definition) is 2. The van der Waals surface area contributed by atoms with Gasteiger partial charge < -0.3 is 15.5 Å². The first-order chi connectivity index (χ1) is 9.59. The summed E-state index contributed by atoms with van der Waals surface area (Å²) in [6.45, 7) is 6.35. The van der Waals surface area contributed by atoms with E-state index in [1.165, 1.54) is 0 Å². The summed E-state index contributed by atoms with van der Waals surface area (Å²) >= 11 is 0. The number of amides is 1. The van der Waals surface area contributed by atoms with Gasteiger partial charge in [-0.15, -0.1) is 0 Å². The fourth-order valence-corrected chi connectivity index (χ4v) is 1.99. The van der Waals surface area contributed by atoms with Crippen molar-refractivity contribution in [1.82, 2.24) is 10.2 Å². The number of benzene rings is 1. The van der Waals surface area contributed by atoms with Crippen LogP contribution in [-0.4, -0.2) is 49.4 Å². The number of carbonyl (C=O) groups excluding carboxylic acids is 1. The molecule has 0 bridgehead atoms. The van der Waals surface area contributed by atoms with Crippen LogP contribution in [0.25, 0.3) is 0 Å². The summed E-state index contributed by atoms with van der Waals surface area (Å²) in [5.41, 5.74) is 1.55. The molecule has 0 spiro atoms. The molecule has 1 aliphatic heterocycles. The van der Waals surface area contributed by atoms with Gasteiger partial charge in [0.05, 0.1) is 18.7 Å². The number of para-hydroxylation sites is 1. The number of nitrogens with one attached hydrogen (secondary N) is 2. The van der Waals surface area contributed by atoms with Crippen LogP contribution in [0.2, 0.25) is 0 Å². The van der Waals surface area contributed by atoms with Crippen LogP contribution in [0.3, 0.4) is 0 Å². The number of carbonyl (C=O) groups is 1. The largest absolute Gasteiger partial charge is 0.377 e. The molecule has 2 N–H and O–H groups in total. The highest BCUT2D eigenvalue weighted by molar-refractivity contribution is 6.00. The van der Waals surface area contributed by atoms with E-state index in [2.05, 4.69) is 15.6 Å². The Morgan fingerprint density at radius 2 is 2.20 bits per heavy atom. The van der Waals surface area contributed by atoms with Crippen LogP contribution in [-0.2, 0) is 0 Å². The normalized spacial score (nSPS) is 13.9. The number of aliphatic imine (C=N–C) groups is 1. The van der Waals surface area contributed by atoms with Gasteiger partial charge in [0.1, 0.15) is 5.84 Å². The van der Waals surface area contributed by atoms with E-state index in [1.807, 2.05) is 45.2 Å². The molecule has 0 saturated carbocycles. The average Bonchev–Trinajstić information content (AvgIpc) is 2.97. The Kier molecular flexibility index (Phi) is 4.61. The maximum Gasteiger partial charge on any atom is 0.255 e. The van der Waals surface area contributed by atoms with Gasteiger partial charge in [-0.05, 0) is 26.0 Å². The highest BCUT2D eigenvalue weighted by atomic mass is 16.2. The van der Waals surface area contributed by atoms with E-state index >= 15 is 0 Å². The molecule has 1 aromatic rings. The molecule has 5 heteroatoms. The van der Waals surface area contributed by atoms with E-state index in [1.54, 1.807) is 4.90 Å². The van der Waals surface area contributed by atoms with Crippen molar-refractivity contribution in [2.75, 3.05) is 32.0 Å². The van der Waals surface area contributed by atoms with Gasteiger partial charge in [-0.25, -0.2) is 0 Å². The third-order valence-electron chi connectivity index (χ3n) is 3.44. The molecule has 1 aliphatic rings. The summed E-state index contributed by atoms with van der Waals surface area (Å²) in [4.78, 5) is 18.5. The Morgan fingerprint density at radius 1 is 1.45 bits per heavy atom. The molecule has 20 heavy (non-hydrogen) atoms. The highest BCUT2D eigenvalue weighted by Gasteiger charge is 2.17. The Balaban J connectivity index is 2.11. The zero-order valence-electron chi connectivity index (χ0n) is 12.3. The quantitative estimate of drug-likeness (QED) is 0.857. The molecule has 0 unspecified atom stereocenters. The molecule has 1 aromatic carbocycles. The Hall–Kier alpha value is -2.04. The molecule has 1 heterocycles. The molecule has 5 nitrogen and oxygen atoms in total. The third kappa shape index (κ3) is 3.29. The molecule has 2 rings (SSSR count). The van der Waals surface area contributed by atoms with Crippen molar-refractivity contribution < 1.29 is 4.79 Å². The summed E-state index contributed by atoms with van der Waals surface area (Å²) in [5.74, 6) is 0.980. The minimum Gasteiger partial charge on any atom is -0.377 e. The second-order valence-electron chi connectivity index (χ2n) is 5.16. The minimum atomic E-state index is 0.0319. The minimum absolute atomic E-state index is 0.0319. The van der Waals surface area contributed by atoms with Crippen molar-refractivity contribution in [3.05, 3.63) is 29.8 Å². The van der Waals surface area contributed by atoms with Crippen molar-refractivity contribution in [3.63, 3.8) is 0 Å². The zero-order valence-corrected chi connectivity index (χ0v) is 12.3. The zero-order chi connectivity index (χ0) is 14.5. The molecule has 0 radical (unpaired) electrons. The molecule has 0 aliphatic carbocycles. The van der Waals surface area contributed by atoms with Gasteiger partial charge in [-0.2, -0.15) is 0 Å². The third-order valence-corrected chi connectivity index (χ3v) is 3.44. The van der Waals surface area contributed by atoms with Crippen molar-refractivity contribution >= 4 is 17.4 Å². The average molecular weight is 274 g/mol. The van der Waals surface area contributed by atoms with Crippen LogP contribution < -0.4 is 10.6 Å². The molecule has 0 fully saturated rings. The smallest absolute Gasteiger partial charge is 0.255 e. The second-order valence-corrected chi connectivity index (χ2v) is 5.16. The van der Waals surface area contributed by atoms with Crippen LogP contribution >= 0.6 is 0 Å². The summed E-state index contributed by atoms with van der Waals surface area (Å²) < 4.78 is 0. The van der Waals surface area contributed by atoms with Crippen LogP contribution in [0.5, 0.6) is 0 Å². The van der Waals surface area contributed by atoms with Gasteiger partial charge in [0.2, 0.25) is 0 Å².